The average molecular weight is 438 g/mol. The maximum Gasteiger partial charge on any atom is 0.243 e. The molecular formula is C20H27N3O4S2. The van der Waals surface area contributed by atoms with E-state index in [1.165, 1.54) is 15.6 Å². The minimum Gasteiger partial charge on any atom is -0.378 e. The molecule has 0 radical (unpaired) electrons. The first-order valence-corrected chi connectivity index (χ1v) is 12.1. The summed E-state index contributed by atoms with van der Waals surface area (Å²) in [6.45, 7) is 6.99. The molecule has 9 heteroatoms. The number of sulfonamides is 1. The Kier molecular flexibility index (Phi) is 7.28. The summed E-state index contributed by atoms with van der Waals surface area (Å²) in [6, 6.07) is 8.79. The second-order valence-corrected chi connectivity index (χ2v) is 9.64. The van der Waals surface area contributed by atoms with Crippen LogP contribution in [0.4, 0.5) is 11.4 Å². The van der Waals surface area contributed by atoms with Crippen LogP contribution in [-0.4, -0.2) is 58.0 Å². The highest BCUT2D eigenvalue weighted by Crippen LogP contribution is 2.31. The summed E-state index contributed by atoms with van der Waals surface area (Å²) in [5.74, 6) is -0.167. The van der Waals surface area contributed by atoms with E-state index in [0.29, 0.717) is 45.1 Å². The van der Waals surface area contributed by atoms with Gasteiger partial charge in [0.25, 0.3) is 0 Å². The number of rotatable bonds is 8. The maximum absolute atomic E-state index is 13.0. The van der Waals surface area contributed by atoms with Crippen molar-refractivity contribution in [1.82, 2.24) is 4.31 Å². The molecule has 2 aromatic rings. The lowest BCUT2D eigenvalue weighted by Crippen LogP contribution is -2.37. The minimum atomic E-state index is -3.62. The third-order valence-electron chi connectivity index (χ3n) is 4.85. The molecule has 158 valence electrons. The fourth-order valence-electron chi connectivity index (χ4n) is 3.33. The van der Waals surface area contributed by atoms with Gasteiger partial charge in [-0.3, -0.25) is 4.79 Å². The normalized spacial score (nSPS) is 14.9. The van der Waals surface area contributed by atoms with Crippen molar-refractivity contribution in [3.63, 3.8) is 0 Å². The van der Waals surface area contributed by atoms with Crippen molar-refractivity contribution in [3.8, 4) is 0 Å². The number of amides is 1. The highest BCUT2D eigenvalue weighted by Gasteiger charge is 2.24. The van der Waals surface area contributed by atoms with Crippen molar-refractivity contribution in [1.29, 1.82) is 0 Å². The molecule has 1 amide bonds. The van der Waals surface area contributed by atoms with Crippen molar-refractivity contribution in [2.45, 2.75) is 25.2 Å². The van der Waals surface area contributed by atoms with Gasteiger partial charge in [-0.15, -0.1) is 11.3 Å². The molecule has 0 aliphatic carbocycles. The fraction of sp³-hybridized carbons (Fsp3) is 0.450. The van der Waals surface area contributed by atoms with Crippen LogP contribution in [0.25, 0.3) is 0 Å². The zero-order chi connectivity index (χ0) is 20.9. The second-order valence-electron chi connectivity index (χ2n) is 6.67. The predicted molar refractivity (Wildman–Crippen MR) is 116 cm³/mol. The van der Waals surface area contributed by atoms with Crippen LogP contribution in [0.5, 0.6) is 0 Å². The van der Waals surface area contributed by atoms with E-state index in [1.807, 2.05) is 31.4 Å². The summed E-state index contributed by atoms with van der Waals surface area (Å²) in [5.41, 5.74) is 1.33. The molecule has 7 nitrogen and oxygen atoms in total. The van der Waals surface area contributed by atoms with E-state index in [2.05, 4.69) is 10.2 Å². The largest absolute Gasteiger partial charge is 0.378 e. The van der Waals surface area contributed by atoms with Gasteiger partial charge in [-0.2, -0.15) is 4.31 Å². The smallest absolute Gasteiger partial charge is 0.243 e. The van der Waals surface area contributed by atoms with Crippen LogP contribution < -0.4 is 10.2 Å². The number of nitrogens with one attached hydrogen (secondary N) is 1. The van der Waals surface area contributed by atoms with E-state index in [0.717, 1.165) is 10.6 Å². The Balaban J connectivity index is 1.93. The Morgan fingerprint density at radius 1 is 1.21 bits per heavy atom. The third kappa shape index (κ3) is 5.16. The van der Waals surface area contributed by atoms with Crippen molar-refractivity contribution in [2.24, 2.45) is 0 Å². The standard InChI is InChI=1S/C20H27N3O4S2/c1-3-23(4-2)29(25,26)17-7-8-19(22-9-11-27-12-10-22)18(15-17)21-20(24)14-16-6-5-13-28-16/h5-8,13,15H,3-4,9-12,14H2,1-2H3,(H,21,24). The van der Waals surface area contributed by atoms with E-state index < -0.39 is 10.0 Å². The maximum atomic E-state index is 13.0. The van der Waals surface area contributed by atoms with Crippen LogP contribution in [0.2, 0.25) is 0 Å². The van der Waals surface area contributed by atoms with Gasteiger partial charge in [0.15, 0.2) is 0 Å². The van der Waals surface area contributed by atoms with Crippen LogP contribution in [0.3, 0.4) is 0 Å². The molecule has 1 aliphatic rings. The summed E-state index contributed by atoms with van der Waals surface area (Å²) in [7, 11) is -3.62. The third-order valence-corrected chi connectivity index (χ3v) is 7.77. The van der Waals surface area contributed by atoms with Crippen molar-refractivity contribution < 1.29 is 17.9 Å². The van der Waals surface area contributed by atoms with Crippen molar-refractivity contribution in [2.75, 3.05) is 49.6 Å². The molecule has 29 heavy (non-hydrogen) atoms. The Hall–Kier alpha value is -1.94. The average Bonchev–Trinajstić information content (AvgIpc) is 3.22. The fourth-order valence-corrected chi connectivity index (χ4v) is 5.52. The summed E-state index contributed by atoms with van der Waals surface area (Å²) in [4.78, 5) is 15.9. The number of hydrogen-bond acceptors (Lipinski definition) is 6. The molecule has 0 unspecified atom stereocenters. The van der Waals surface area contributed by atoms with Gasteiger partial charge in [0.05, 0.1) is 35.9 Å². The number of carbonyl (C=O) groups is 1. The topological polar surface area (TPSA) is 79.0 Å². The highest BCUT2D eigenvalue weighted by atomic mass is 32.2. The van der Waals surface area contributed by atoms with Gasteiger partial charge in [0.2, 0.25) is 15.9 Å². The predicted octanol–water partition coefficient (Wildman–Crippen LogP) is 2.80. The van der Waals surface area contributed by atoms with Gasteiger partial charge < -0.3 is 15.0 Å². The molecule has 1 aromatic carbocycles. The van der Waals surface area contributed by atoms with Gasteiger partial charge in [0, 0.05) is 31.1 Å². The number of carbonyl (C=O) groups excluding carboxylic acids is 1. The van der Waals surface area contributed by atoms with E-state index in [1.54, 1.807) is 18.2 Å². The molecule has 0 saturated carbocycles. The Morgan fingerprint density at radius 2 is 1.93 bits per heavy atom. The Labute approximate surface area is 176 Å². The number of nitrogens with zero attached hydrogens (tertiary/aromatic N) is 2. The lowest BCUT2D eigenvalue weighted by molar-refractivity contribution is -0.115. The zero-order valence-corrected chi connectivity index (χ0v) is 18.4. The van der Waals surface area contributed by atoms with E-state index in [4.69, 9.17) is 4.74 Å². The molecule has 0 bridgehead atoms. The van der Waals surface area contributed by atoms with Crippen LogP contribution >= 0.6 is 11.3 Å². The van der Waals surface area contributed by atoms with Gasteiger partial charge in [-0.25, -0.2) is 8.42 Å². The molecule has 2 heterocycles. The molecule has 1 N–H and O–H groups in total. The van der Waals surface area contributed by atoms with Crippen LogP contribution in [-0.2, 0) is 26.0 Å². The van der Waals surface area contributed by atoms with Crippen molar-refractivity contribution in [3.05, 3.63) is 40.6 Å². The number of benzene rings is 1. The summed E-state index contributed by atoms with van der Waals surface area (Å²) in [6.07, 6.45) is 0.257. The SMILES string of the molecule is CCN(CC)S(=O)(=O)c1ccc(N2CCOCC2)c(NC(=O)Cc2cccs2)c1. The first-order valence-electron chi connectivity index (χ1n) is 9.74. The van der Waals surface area contributed by atoms with Crippen molar-refractivity contribution >= 4 is 38.6 Å². The summed E-state index contributed by atoms with van der Waals surface area (Å²) >= 11 is 1.52. The van der Waals surface area contributed by atoms with E-state index in [-0.39, 0.29) is 17.2 Å². The van der Waals surface area contributed by atoms with Gasteiger partial charge >= 0.3 is 0 Å². The van der Waals surface area contributed by atoms with Gasteiger partial charge in [-0.1, -0.05) is 19.9 Å². The van der Waals surface area contributed by atoms with Crippen LogP contribution in [0, 0.1) is 0 Å². The number of hydrogen-bond donors (Lipinski definition) is 1. The first-order chi connectivity index (χ1) is 14.0. The van der Waals surface area contributed by atoms with E-state index >= 15 is 0 Å². The lowest BCUT2D eigenvalue weighted by atomic mass is 10.2. The van der Waals surface area contributed by atoms with E-state index in [9.17, 15) is 13.2 Å². The summed E-state index contributed by atoms with van der Waals surface area (Å²) in [5, 5.41) is 4.87. The molecular weight excluding hydrogens is 410 g/mol. The molecule has 0 spiro atoms. The molecule has 1 fully saturated rings. The second kappa shape index (κ2) is 9.71. The Morgan fingerprint density at radius 3 is 2.55 bits per heavy atom. The van der Waals surface area contributed by atoms with Gasteiger partial charge in [0.1, 0.15) is 0 Å². The molecule has 1 aromatic heterocycles. The molecule has 0 atom stereocenters. The van der Waals surface area contributed by atoms with Crippen LogP contribution in [0.15, 0.2) is 40.6 Å². The number of thiophene rings is 1. The lowest BCUT2D eigenvalue weighted by Gasteiger charge is -2.31. The quantitative estimate of drug-likeness (QED) is 0.687. The highest BCUT2D eigenvalue weighted by molar-refractivity contribution is 7.89. The first kappa shape index (κ1) is 21.8. The van der Waals surface area contributed by atoms with Crippen LogP contribution in [0.1, 0.15) is 18.7 Å². The molecule has 1 aliphatic heterocycles. The molecule has 1 saturated heterocycles. The van der Waals surface area contributed by atoms with Gasteiger partial charge in [-0.05, 0) is 29.6 Å². The molecule has 3 rings (SSSR count). The monoisotopic (exact) mass is 437 g/mol. The summed E-state index contributed by atoms with van der Waals surface area (Å²) < 4.78 is 32.7. The zero-order valence-electron chi connectivity index (χ0n) is 16.8. The number of ether oxygens (including phenoxy) is 1. The minimum absolute atomic E-state index is 0.167. The Bertz CT molecular complexity index is 919. The number of anilines is 2. The number of morpholine rings is 1.